The average molecular weight is 389 g/mol. The lowest BCUT2D eigenvalue weighted by molar-refractivity contribution is 0.0724. The van der Waals surface area contributed by atoms with E-state index in [1.54, 1.807) is 6.92 Å². The van der Waals surface area contributed by atoms with Crippen molar-refractivity contribution in [3.05, 3.63) is 58.4 Å². The lowest BCUT2D eigenvalue weighted by Gasteiger charge is -2.26. The van der Waals surface area contributed by atoms with Gasteiger partial charge in [-0.1, -0.05) is 19.8 Å². The highest BCUT2D eigenvalue weighted by molar-refractivity contribution is 5.91. The maximum Gasteiger partial charge on any atom is 0.349 e. The van der Waals surface area contributed by atoms with Gasteiger partial charge in [-0.3, -0.25) is 4.99 Å². The lowest BCUT2D eigenvalue weighted by atomic mass is 9.79. The first-order valence-corrected chi connectivity index (χ1v) is 9.28. The zero-order valence-electron chi connectivity index (χ0n) is 15.9. The molecule has 3 nitrogen and oxygen atoms in total. The molecule has 0 unspecified atom stereocenters. The minimum Gasteiger partial charge on any atom is -0.423 e. The zero-order valence-corrected chi connectivity index (χ0v) is 15.9. The van der Waals surface area contributed by atoms with Crippen LogP contribution in [0.1, 0.15) is 60.0 Å². The SMILES string of the molecule is C=Nc1c(C)cc(OC(=O)c2c(F)cc(C3CCC(C)CC3)cc2F)cc1F. The van der Waals surface area contributed by atoms with E-state index in [-0.39, 0.29) is 17.4 Å². The molecular weight excluding hydrogens is 367 g/mol. The minimum atomic E-state index is -1.21. The number of aryl methyl sites for hydroxylation is 1. The number of hydrogen-bond donors (Lipinski definition) is 0. The molecule has 0 amide bonds. The van der Waals surface area contributed by atoms with Crippen molar-refractivity contribution >= 4 is 18.4 Å². The van der Waals surface area contributed by atoms with Gasteiger partial charge >= 0.3 is 5.97 Å². The number of halogens is 3. The number of carbonyl (C=O) groups excluding carboxylic acids is 1. The van der Waals surface area contributed by atoms with Crippen molar-refractivity contribution in [2.24, 2.45) is 10.9 Å². The van der Waals surface area contributed by atoms with Crippen LogP contribution in [0.3, 0.4) is 0 Å². The molecule has 6 heteroatoms. The molecule has 0 bridgehead atoms. The van der Waals surface area contributed by atoms with E-state index >= 15 is 0 Å². The largest absolute Gasteiger partial charge is 0.423 e. The van der Waals surface area contributed by atoms with Crippen molar-refractivity contribution in [2.45, 2.75) is 45.4 Å². The molecule has 3 rings (SSSR count). The van der Waals surface area contributed by atoms with E-state index in [4.69, 9.17) is 4.74 Å². The normalized spacial score (nSPS) is 19.3. The summed E-state index contributed by atoms with van der Waals surface area (Å²) in [5.74, 6) is -3.35. The Bertz CT molecular complexity index is 872. The Morgan fingerprint density at radius 3 is 2.18 bits per heavy atom. The predicted molar refractivity (Wildman–Crippen MR) is 102 cm³/mol. The van der Waals surface area contributed by atoms with Gasteiger partial charge < -0.3 is 4.74 Å². The molecule has 2 aromatic rings. The lowest BCUT2D eigenvalue weighted by Crippen LogP contribution is -2.16. The summed E-state index contributed by atoms with van der Waals surface area (Å²) in [7, 11) is 0. The maximum atomic E-state index is 14.5. The van der Waals surface area contributed by atoms with Crippen LogP contribution in [-0.4, -0.2) is 12.7 Å². The second-order valence-corrected chi connectivity index (χ2v) is 7.43. The Morgan fingerprint density at radius 1 is 1.04 bits per heavy atom. The van der Waals surface area contributed by atoms with Gasteiger partial charge in [-0.15, -0.1) is 0 Å². The van der Waals surface area contributed by atoms with Gasteiger partial charge in [-0.05, 0) is 67.6 Å². The number of ether oxygens (including phenoxy) is 1. The van der Waals surface area contributed by atoms with E-state index in [0.29, 0.717) is 17.0 Å². The van der Waals surface area contributed by atoms with Crippen LogP contribution in [-0.2, 0) is 0 Å². The highest BCUT2D eigenvalue weighted by Gasteiger charge is 2.26. The van der Waals surface area contributed by atoms with Gasteiger partial charge in [-0.2, -0.15) is 0 Å². The molecule has 0 aromatic heterocycles. The van der Waals surface area contributed by atoms with Crippen LogP contribution in [0.25, 0.3) is 0 Å². The number of nitrogens with zero attached hydrogens (tertiary/aromatic N) is 1. The number of benzene rings is 2. The van der Waals surface area contributed by atoms with Crippen molar-refractivity contribution in [3.63, 3.8) is 0 Å². The van der Waals surface area contributed by atoms with E-state index in [9.17, 15) is 18.0 Å². The molecule has 0 aliphatic heterocycles. The van der Waals surface area contributed by atoms with Crippen molar-refractivity contribution in [2.75, 3.05) is 0 Å². The van der Waals surface area contributed by atoms with E-state index in [1.165, 1.54) is 18.2 Å². The first-order chi connectivity index (χ1) is 13.3. The number of rotatable bonds is 4. The fraction of sp³-hybridized carbons (Fsp3) is 0.364. The molecular formula is C22H22F3NO2. The standard InChI is InChI=1S/C22H22F3NO2/c1-12-4-6-14(7-5-12)15-9-17(23)20(18(24)10-15)22(27)28-16-8-13(2)21(26-3)19(25)11-16/h8-12,14H,3-7H2,1-2H3. The van der Waals surface area contributed by atoms with E-state index in [2.05, 4.69) is 18.6 Å². The first-order valence-electron chi connectivity index (χ1n) is 9.28. The van der Waals surface area contributed by atoms with Crippen LogP contribution >= 0.6 is 0 Å². The van der Waals surface area contributed by atoms with Crippen LogP contribution in [0, 0.1) is 30.3 Å². The number of aliphatic imine (C=N–C) groups is 1. The second kappa shape index (κ2) is 8.17. The zero-order chi connectivity index (χ0) is 20.4. The quantitative estimate of drug-likeness (QED) is 0.352. The highest BCUT2D eigenvalue weighted by Crippen LogP contribution is 2.36. The van der Waals surface area contributed by atoms with Crippen LogP contribution in [0.4, 0.5) is 18.9 Å². The molecule has 0 atom stereocenters. The summed E-state index contributed by atoms with van der Waals surface area (Å²) >= 11 is 0. The Morgan fingerprint density at radius 2 is 1.64 bits per heavy atom. The summed E-state index contributed by atoms with van der Waals surface area (Å²) in [5.41, 5.74) is 0.197. The fourth-order valence-electron chi connectivity index (χ4n) is 3.74. The molecule has 28 heavy (non-hydrogen) atoms. The van der Waals surface area contributed by atoms with Gasteiger partial charge in [-0.25, -0.2) is 18.0 Å². The van der Waals surface area contributed by atoms with Crippen molar-refractivity contribution in [1.29, 1.82) is 0 Å². The Labute approximate surface area is 162 Å². The molecule has 0 N–H and O–H groups in total. The Hall–Kier alpha value is -2.63. The Balaban J connectivity index is 1.83. The summed E-state index contributed by atoms with van der Waals surface area (Å²) in [5, 5.41) is 0. The van der Waals surface area contributed by atoms with E-state index < -0.39 is 29.0 Å². The molecule has 1 aliphatic carbocycles. The van der Waals surface area contributed by atoms with Crippen LogP contribution in [0.5, 0.6) is 5.75 Å². The molecule has 0 spiro atoms. The van der Waals surface area contributed by atoms with Crippen molar-refractivity contribution < 1.29 is 22.7 Å². The topological polar surface area (TPSA) is 38.7 Å². The van der Waals surface area contributed by atoms with Crippen molar-refractivity contribution in [1.82, 2.24) is 0 Å². The number of carbonyl (C=O) groups is 1. The van der Waals surface area contributed by atoms with Gasteiger partial charge in [0, 0.05) is 6.07 Å². The Kier molecular flexibility index (Phi) is 5.87. The third-order valence-electron chi connectivity index (χ3n) is 5.35. The smallest absolute Gasteiger partial charge is 0.349 e. The van der Waals surface area contributed by atoms with Crippen LogP contribution in [0.15, 0.2) is 29.3 Å². The van der Waals surface area contributed by atoms with Crippen LogP contribution in [0.2, 0.25) is 0 Å². The third kappa shape index (κ3) is 4.11. The summed E-state index contributed by atoms with van der Waals surface area (Å²) in [4.78, 5) is 15.9. The molecule has 1 saturated carbocycles. The molecule has 1 fully saturated rings. The maximum absolute atomic E-state index is 14.5. The first kappa shape index (κ1) is 20.1. The predicted octanol–water partition coefficient (Wildman–Crippen LogP) is 6.26. The second-order valence-electron chi connectivity index (χ2n) is 7.43. The van der Waals surface area contributed by atoms with Gasteiger partial charge in [0.25, 0.3) is 0 Å². The molecule has 0 saturated heterocycles. The summed E-state index contributed by atoms with van der Waals surface area (Å²) < 4.78 is 48.0. The molecule has 0 radical (unpaired) electrons. The summed E-state index contributed by atoms with van der Waals surface area (Å²) in [6, 6.07) is 4.70. The molecule has 1 aliphatic rings. The van der Waals surface area contributed by atoms with Gasteiger partial charge in [0.2, 0.25) is 0 Å². The van der Waals surface area contributed by atoms with E-state index in [1.807, 2.05) is 0 Å². The van der Waals surface area contributed by atoms with Gasteiger partial charge in [0.05, 0.1) is 0 Å². The monoisotopic (exact) mass is 389 g/mol. The summed E-state index contributed by atoms with van der Waals surface area (Å²) in [6.45, 7) is 6.99. The molecule has 0 heterocycles. The molecule has 148 valence electrons. The van der Waals surface area contributed by atoms with Gasteiger partial charge in [0.15, 0.2) is 5.82 Å². The average Bonchev–Trinajstić information content (AvgIpc) is 2.61. The number of esters is 1. The van der Waals surface area contributed by atoms with Crippen LogP contribution < -0.4 is 4.74 Å². The molecule has 2 aromatic carbocycles. The number of hydrogen-bond acceptors (Lipinski definition) is 3. The fourth-order valence-corrected chi connectivity index (χ4v) is 3.74. The van der Waals surface area contributed by atoms with Crippen molar-refractivity contribution in [3.8, 4) is 5.75 Å². The van der Waals surface area contributed by atoms with E-state index in [0.717, 1.165) is 31.7 Å². The summed E-state index contributed by atoms with van der Waals surface area (Å²) in [6.07, 6.45) is 3.76. The highest BCUT2D eigenvalue weighted by atomic mass is 19.1. The van der Waals surface area contributed by atoms with Gasteiger partial charge in [0.1, 0.15) is 28.6 Å². The minimum absolute atomic E-state index is 0.0308. The third-order valence-corrected chi connectivity index (χ3v) is 5.35.